The fourth-order valence-electron chi connectivity index (χ4n) is 2.87. The quantitative estimate of drug-likeness (QED) is 0.135. The summed E-state index contributed by atoms with van der Waals surface area (Å²) >= 11 is 0. The lowest BCUT2D eigenvalue weighted by Crippen LogP contribution is -2.52. The van der Waals surface area contributed by atoms with E-state index in [2.05, 4.69) is 20.6 Å². The molecule has 2 rings (SSSR count). The Kier molecular flexibility index (Phi) is 8.18. The molecular formula is C19H26N7O4. The summed E-state index contributed by atoms with van der Waals surface area (Å²) in [5.41, 5.74) is 17.3. The maximum absolute atomic E-state index is 12.7. The highest BCUT2D eigenvalue weighted by Gasteiger charge is 2.27. The molecule has 1 aromatic carbocycles. The second-order valence-electron chi connectivity index (χ2n) is 6.55. The summed E-state index contributed by atoms with van der Waals surface area (Å²) in [6.45, 7) is -0.0457. The zero-order valence-corrected chi connectivity index (χ0v) is 16.3. The Bertz CT molecular complexity index is 920. The number of para-hydroxylation sites is 1. The second kappa shape index (κ2) is 10.8. The largest absolute Gasteiger partial charge is 0.480 e. The van der Waals surface area contributed by atoms with E-state index in [-0.39, 0.29) is 25.5 Å². The van der Waals surface area contributed by atoms with Crippen LogP contribution in [0.4, 0.5) is 0 Å². The van der Waals surface area contributed by atoms with Gasteiger partial charge >= 0.3 is 5.97 Å². The standard InChI is InChI=1S/C19H26N7O4/c20-9-16(27)25-14(6-3-7-23-19(21)22)17(28)26-15(18(29)30)8-11-10-24-13-5-2-1-4-12(11)13/h1-2,4-5,8,10,14-15,24H,3,6-7,9,20H2,(H,25,27)(H,26,28)(H,29,30)(H4,21,22,23). The zero-order chi connectivity index (χ0) is 22.1. The molecular weight excluding hydrogens is 390 g/mol. The van der Waals surface area contributed by atoms with E-state index in [1.54, 1.807) is 6.20 Å². The van der Waals surface area contributed by atoms with Crippen molar-refractivity contribution in [3.05, 3.63) is 42.4 Å². The van der Waals surface area contributed by atoms with E-state index in [1.807, 2.05) is 24.3 Å². The fourth-order valence-corrected chi connectivity index (χ4v) is 2.87. The Hall–Kier alpha value is -3.60. The van der Waals surface area contributed by atoms with Gasteiger partial charge < -0.3 is 37.9 Å². The Labute approximate surface area is 173 Å². The predicted octanol–water partition coefficient (Wildman–Crippen LogP) is -1.21. The summed E-state index contributed by atoms with van der Waals surface area (Å²) in [5, 5.41) is 15.3. The Morgan fingerprint density at radius 1 is 1.20 bits per heavy atom. The molecule has 0 spiro atoms. The molecule has 30 heavy (non-hydrogen) atoms. The second-order valence-corrected chi connectivity index (χ2v) is 6.55. The number of H-pyrrole nitrogens is 1. The summed E-state index contributed by atoms with van der Waals surface area (Å²) in [6.07, 6.45) is 3.69. The van der Waals surface area contributed by atoms with Crippen molar-refractivity contribution in [2.75, 3.05) is 13.1 Å². The molecule has 2 atom stereocenters. The number of rotatable bonds is 11. The van der Waals surface area contributed by atoms with Gasteiger partial charge in [0.2, 0.25) is 11.8 Å². The molecule has 10 N–H and O–H groups in total. The van der Waals surface area contributed by atoms with Crippen LogP contribution in [0.3, 0.4) is 0 Å². The third-order valence-electron chi connectivity index (χ3n) is 4.31. The van der Waals surface area contributed by atoms with E-state index in [0.29, 0.717) is 12.0 Å². The van der Waals surface area contributed by atoms with Gasteiger partial charge in [0.05, 0.1) is 6.54 Å². The average Bonchev–Trinajstić information content (AvgIpc) is 3.12. The number of carboxylic acid groups (broad SMARTS) is 1. The molecule has 1 heterocycles. The van der Waals surface area contributed by atoms with Crippen molar-refractivity contribution in [2.45, 2.75) is 24.9 Å². The van der Waals surface area contributed by atoms with Gasteiger partial charge in [-0.3, -0.25) is 14.6 Å². The highest BCUT2D eigenvalue weighted by Crippen LogP contribution is 2.20. The molecule has 161 valence electrons. The van der Waals surface area contributed by atoms with E-state index in [4.69, 9.17) is 17.2 Å². The molecule has 0 aliphatic rings. The first-order valence-corrected chi connectivity index (χ1v) is 9.30. The number of hydrogen-bond acceptors (Lipinski definition) is 5. The molecule has 0 fully saturated rings. The average molecular weight is 416 g/mol. The molecule has 0 saturated carbocycles. The van der Waals surface area contributed by atoms with Crippen molar-refractivity contribution in [2.24, 2.45) is 22.2 Å². The number of guanidine groups is 1. The van der Waals surface area contributed by atoms with Crippen LogP contribution in [-0.4, -0.2) is 59.0 Å². The Morgan fingerprint density at radius 3 is 2.60 bits per heavy atom. The zero-order valence-electron chi connectivity index (χ0n) is 16.3. The van der Waals surface area contributed by atoms with Crippen molar-refractivity contribution in [3.8, 4) is 0 Å². The number of carboxylic acids is 1. The number of carbonyl (C=O) groups excluding carboxylic acids is 2. The normalized spacial score (nSPS) is 12.7. The topological polar surface area (TPSA) is 202 Å². The first-order chi connectivity index (χ1) is 14.3. The number of carbonyl (C=O) groups is 3. The molecule has 0 aliphatic carbocycles. The van der Waals surface area contributed by atoms with Crippen LogP contribution in [0, 0.1) is 6.42 Å². The van der Waals surface area contributed by atoms with Crippen LogP contribution in [0.25, 0.3) is 10.9 Å². The van der Waals surface area contributed by atoms with Crippen molar-refractivity contribution in [3.63, 3.8) is 0 Å². The number of amides is 2. The molecule has 0 saturated heterocycles. The van der Waals surface area contributed by atoms with Crippen LogP contribution in [0.5, 0.6) is 0 Å². The van der Waals surface area contributed by atoms with Gasteiger partial charge in [0.15, 0.2) is 5.96 Å². The van der Waals surface area contributed by atoms with Crippen molar-refractivity contribution in [1.29, 1.82) is 0 Å². The minimum absolute atomic E-state index is 0.0822. The predicted molar refractivity (Wildman–Crippen MR) is 112 cm³/mol. The lowest BCUT2D eigenvalue weighted by atomic mass is 10.0. The molecule has 1 radical (unpaired) electrons. The van der Waals surface area contributed by atoms with E-state index >= 15 is 0 Å². The molecule has 2 amide bonds. The molecule has 0 bridgehead atoms. The van der Waals surface area contributed by atoms with E-state index < -0.39 is 29.9 Å². The summed E-state index contributed by atoms with van der Waals surface area (Å²) < 4.78 is 0. The van der Waals surface area contributed by atoms with E-state index in [9.17, 15) is 19.5 Å². The van der Waals surface area contributed by atoms with Crippen LogP contribution < -0.4 is 27.8 Å². The van der Waals surface area contributed by atoms with Crippen LogP contribution in [0.1, 0.15) is 18.4 Å². The van der Waals surface area contributed by atoms with E-state index in [1.165, 1.54) is 6.42 Å². The number of aromatic nitrogens is 1. The van der Waals surface area contributed by atoms with E-state index in [0.717, 1.165) is 10.9 Å². The molecule has 11 nitrogen and oxygen atoms in total. The van der Waals surface area contributed by atoms with Crippen LogP contribution in [0.2, 0.25) is 0 Å². The minimum Gasteiger partial charge on any atom is -0.480 e. The Balaban J connectivity index is 2.09. The third-order valence-corrected chi connectivity index (χ3v) is 4.31. The lowest BCUT2D eigenvalue weighted by Gasteiger charge is -2.21. The highest BCUT2D eigenvalue weighted by molar-refractivity contribution is 5.92. The number of aliphatic imine (C=N–C) groups is 1. The van der Waals surface area contributed by atoms with Gasteiger partial charge in [-0.2, -0.15) is 0 Å². The van der Waals surface area contributed by atoms with Crippen molar-refractivity contribution < 1.29 is 19.5 Å². The van der Waals surface area contributed by atoms with Crippen LogP contribution in [-0.2, 0) is 14.4 Å². The lowest BCUT2D eigenvalue weighted by molar-refractivity contribution is -0.141. The smallest absolute Gasteiger partial charge is 0.326 e. The fraction of sp³-hybridized carbons (Fsp3) is 0.316. The first-order valence-electron chi connectivity index (χ1n) is 9.30. The molecule has 0 aliphatic heterocycles. The molecule has 2 unspecified atom stereocenters. The van der Waals surface area contributed by atoms with Gasteiger partial charge in [-0.05, 0) is 24.5 Å². The SMILES string of the molecule is NCC(=O)NC(CCCN=C(N)N)C(=O)NC([CH]c1c[nH]c2ccccc12)C(=O)O. The minimum atomic E-state index is -1.30. The van der Waals surface area contributed by atoms with Crippen molar-refractivity contribution in [1.82, 2.24) is 15.6 Å². The number of fused-ring (bicyclic) bond motifs is 1. The highest BCUT2D eigenvalue weighted by atomic mass is 16.4. The van der Waals surface area contributed by atoms with Gasteiger partial charge in [-0.1, -0.05) is 18.2 Å². The number of benzene rings is 1. The molecule has 11 heteroatoms. The monoisotopic (exact) mass is 416 g/mol. The third kappa shape index (κ3) is 6.48. The maximum atomic E-state index is 12.7. The number of nitrogens with zero attached hydrogens (tertiary/aromatic N) is 1. The number of aliphatic carboxylic acids is 1. The van der Waals surface area contributed by atoms with Gasteiger partial charge in [-0.25, -0.2) is 4.79 Å². The first kappa shape index (κ1) is 22.7. The summed E-state index contributed by atoms with van der Waals surface area (Å²) in [4.78, 5) is 43.0. The van der Waals surface area contributed by atoms with Gasteiger partial charge in [-0.15, -0.1) is 0 Å². The van der Waals surface area contributed by atoms with Gasteiger partial charge in [0.1, 0.15) is 12.1 Å². The summed E-state index contributed by atoms with van der Waals surface area (Å²) in [6, 6.07) is 5.10. The number of nitrogens with two attached hydrogens (primary N) is 3. The molecule has 1 aromatic heterocycles. The number of aromatic amines is 1. The van der Waals surface area contributed by atoms with Gasteiger partial charge in [0, 0.05) is 30.1 Å². The van der Waals surface area contributed by atoms with Crippen molar-refractivity contribution >= 4 is 34.6 Å². The van der Waals surface area contributed by atoms with Gasteiger partial charge in [0.25, 0.3) is 0 Å². The summed E-state index contributed by atoms with van der Waals surface area (Å²) in [5.74, 6) is -2.51. The van der Waals surface area contributed by atoms with Crippen LogP contribution >= 0.6 is 0 Å². The maximum Gasteiger partial charge on any atom is 0.326 e. The molecule has 2 aromatic rings. The van der Waals surface area contributed by atoms with Crippen LogP contribution in [0.15, 0.2) is 35.5 Å². The Morgan fingerprint density at radius 2 is 1.93 bits per heavy atom. The number of hydrogen-bond donors (Lipinski definition) is 7. The summed E-state index contributed by atoms with van der Waals surface area (Å²) in [7, 11) is 0. The number of nitrogens with one attached hydrogen (secondary N) is 3.